The lowest BCUT2D eigenvalue weighted by Gasteiger charge is -2.38. The molecule has 1 amide bonds. The zero-order valence-corrected chi connectivity index (χ0v) is 13.1. The van der Waals surface area contributed by atoms with E-state index >= 15 is 0 Å². The maximum Gasteiger partial charge on any atom is 0.242 e. The van der Waals surface area contributed by atoms with Gasteiger partial charge in [-0.3, -0.25) is 4.79 Å². The van der Waals surface area contributed by atoms with Gasteiger partial charge in [-0.05, 0) is 37.8 Å². The van der Waals surface area contributed by atoms with Crippen LogP contribution < -0.4 is 4.90 Å². The molecule has 21 heavy (non-hydrogen) atoms. The summed E-state index contributed by atoms with van der Waals surface area (Å²) in [6, 6.07) is 3.91. The van der Waals surface area contributed by atoms with Crippen molar-refractivity contribution in [2.75, 3.05) is 31.6 Å². The maximum absolute atomic E-state index is 12.5. The van der Waals surface area contributed by atoms with Crippen LogP contribution in [-0.4, -0.2) is 53.7 Å². The lowest BCUT2D eigenvalue weighted by molar-refractivity contribution is -0.133. The van der Waals surface area contributed by atoms with Gasteiger partial charge in [0.2, 0.25) is 5.91 Å². The fourth-order valence-electron chi connectivity index (χ4n) is 2.42. The van der Waals surface area contributed by atoms with E-state index in [0.29, 0.717) is 24.0 Å². The van der Waals surface area contributed by atoms with Crippen molar-refractivity contribution in [2.24, 2.45) is 0 Å². The lowest BCUT2D eigenvalue weighted by Crippen LogP contribution is -2.48. The lowest BCUT2D eigenvalue weighted by atomic mass is 9.91. The molecule has 1 N–H and O–H groups in total. The highest BCUT2D eigenvalue weighted by atomic mass is 35.5. The fourth-order valence-corrected chi connectivity index (χ4v) is 2.53. The van der Waals surface area contributed by atoms with E-state index in [-0.39, 0.29) is 19.1 Å². The predicted octanol–water partition coefficient (Wildman–Crippen LogP) is 1.93. The second-order valence-electron chi connectivity index (χ2n) is 5.44. The highest BCUT2D eigenvalue weighted by molar-refractivity contribution is 6.30. The van der Waals surface area contributed by atoms with Gasteiger partial charge in [0.15, 0.2) is 0 Å². The zero-order valence-electron chi connectivity index (χ0n) is 12.3. The number of anilines is 1. The Morgan fingerprint density at radius 3 is 2.76 bits per heavy atom. The van der Waals surface area contributed by atoms with E-state index in [1.54, 1.807) is 18.3 Å². The van der Waals surface area contributed by atoms with Crippen LogP contribution >= 0.6 is 11.6 Å². The summed E-state index contributed by atoms with van der Waals surface area (Å²) in [6.07, 6.45) is 5.53. The molecule has 0 bridgehead atoms. The van der Waals surface area contributed by atoms with Crippen molar-refractivity contribution in [2.45, 2.75) is 31.7 Å². The molecule has 0 saturated heterocycles. The van der Waals surface area contributed by atoms with E-state index in [1.807, 2.05) is 16.8 Å². The van der Waals surface area contributed by atoms with Gasteiger partial charge in [0, 0.05) is 32.4 Å². The third kappa shape index (κ3) is 4.32. The smallest absolute Gasteiger partial charge is 0.242 e. The Kier molecular flexibility index (Phi) is 5.82. The van der Waals surface area contributed by atoms with Crippen LogP contribution in [0.4, 0.5) is 5.82 Å². The molecule has 1 aromatic rings. The second-order valence-corrected chi connectivity index (χ2v) is 5.88. The van der Waals surface area contributed by atoms with Gasteiger partial charge in [0.1, 0.15) is 5.82 Å². The van der Waals surface area contributed by atoms with Crippen LogP contribution in [0.3, 0.4) is 0 Å². The summed E-state index contributed by atoms with van der Waals surface area (Å²) in [5, 5.41) is 9.57. The van der Waals surface area contributed by atoms with Gasteiger partial charge in [-0.1, -0.05) is 11.6 Å². The number of aliphatic hydroxyl groups excluding tert-OH is 1. The predicted molar refractivity (Wildman–Crippen MR) is 83.6 cm³/mol. The van der Waals surface area contributed by atoms with Gasteiger partial charge in [0.25, 0.3) is 0 Å². The second kappa shape index (κ2) is 7.61. The van der Waals surface area contributed by atoms with Crippen LogP contribution in [0.25, 0.3) is 0 Å². The first-order valence-electron chi connectivity index (χ1n) is 7.35. The van der Waals surface area contributed by atoms with Crippen LogP contribution in [0.2, 0.25) is 5.02 Å². The van der Waals surface area contributed by atoms with Crippen molar-refractivity contribution in [1.82, 2.24) is 9.88 Å². The molecule has 1 heterocycles. The average molecular weight is 312 g/mol. The van der Waals surface area contributed by atoms with Gasteiger partial charge in [-0.25, -0.2) is 4.98 Å². The molecule has 0 unspecified atom stereocenters. The third-order valence-electron chi connectivity index (χ3n) is 3.87. The molecule has 1 fully saturated rings. The highest BCUT2D eigenvalue weighted by Gasteiger charge is 2.28. The van der Waals surface area contributed by atoms with E-state index in [4.69, 9.17) is 16.7 Å². The Bertz CT molecular complexity index is 462. The summed E-state index contributed by atoms with van der Waals surface area (Å²) in [4.78, 5) is 20.4. The molecule has 5 nitrogen and oxygen atoms in total. The van der Waals surface area contributed by atoms with E-state index in [9.17, 15) is 4.79 Å². The number of likely N-dealkylation sites (N-methyl/N-ethyl adjacent to an activating group) is 1. The van der Waals surface area contributed by atoms with Crippen molar-refractivity contribution < 1.29 is 9.90 Å². The molecule has 116 valence electrons. The Labute approximate surface area is 130 Å². The van der Waals surface area contributed by atoms with Crippen LogP contribution in [0.1, 0.15) is 25.7 Å². The van der Waals surface area contributed by atoms with E-state index in [2.05, 4.69) is 4.98 Å². The number of hydrogen-bond acceptors (Lipinski definition) is 4. The molecule has 0 atom stereocenters. The van der Waals surface area contributed by atoms with Gasteiger partial charge >= 0.3 is 0 Å². The first-order chi connectivity index (χ1) is 10.1. The molecule has 1 saturated carbocycles. The SMILES string of the molecule is CN(CC(=O)N(CCCO)C1CCC1)c1ccc(Cl)cn1. The number of amides is 1. The molecular formula is C15H22ClN3O2. The van der Waals surface area contributed by atoms with E-state index in [0.717, 1.165) is 18.7 Å². The van der Waals surface area contributed by atoms with Gasteiger partial charge in [-0.2, -0.15) is 0 Å². The first kappa shape index (κ1) is 16.0. The monoisotopic (exact) mass is 311 g/mol. The van der Waals surface area contributed by atoms with Gasteiger partial charge in [-0.15, -0.1) is 0 Å². The number of aromatic nitrogens is 1. The quantitative estimate of drug-likeness (QED) is 0.836. The minimum Gasteiger partial charge on any atom is -0.396 e. The Morgan fingerprint density at radius 1 is 1.48 bits per heavy atom. The van der Waals surface area contributed by atoms with E-state index in [1.165, 1.54) is 6.42 Å². The van der Waals surface area contributed by atoms with Crippen molar-refractivity contribution in [1.29, 1.82) is 0 Å². The number of rotatable bonds is 7. The summed E-state index contributed by atoms with van der Waals surface area (Å²) in [5.74, 6) is 0.816. The number of carbonyl (C=O) groups is 1. The molecule has 1 aromatic heterocycles. The number of pyridine rings is 1. The third-order valence-corrected chi connectivity index (χ3v) is 4.09. The van der Waals surface area contributed by atoms with Crippen LogP contribution in [-0.2, 0) is 4.79 Å². The molecule has 1 aliphatic carbocycles. The normalized spacial score (nSPS) is 14.6. The standard InChI is InChI=1S/C15H22ClN3O2/c1-18(14-7-6-12(16)10-17-14)11-15(21)19(8-3-9-20)13-4-2-5-13/h6-7,10,13,20H,2-5,8-9,11H2,1H3. The summed E-state index contributed by atoms with van der Waals surface area (Å²) in [6.45, 7) is 1.03. The Morgan fingerprint density at radius 2 is 2.24 bits per heavy atom. The van der Waals surface area contributed by atoms with Crippen LogP contribution in [0, 0.1) is 0 Å². The van der Waals surface area contributed by atoms with Gasteiger partial charge in [0.05, 0.1) is 11.6 Å². The van der Waals surface area contributed by atoms with Crippen molar-refractivity contribution in [3.8, 4) is 0 Å². The minimum atomic E-state index is 0.0902. The highest BCUT2D eigenvalue weighted by Crippen LogP contribution is 2.25. The number of nitrogens with zero attached hydrogens (tertiary/aromatic N) is 3. The summed E-state index contributed by atoms with van der Waals surface area (Å²) in [5.41, 5.74) is 0. The molecule has 0 aromatic carbocycles. The topological polar surface area (TPSA) is 56.7 Å². The largest absolute Gasteiger partial charge is 0.396 e. The molecule has 1 aliphatic rings. The number of carbonyl (C=O) groups excluding carboxylic acids is 1. The minimum absolute atomic E-state index is 0.0902. The number of hydrogen-bond donors (Lipinski definition) is 1. The molecule has 0 spiro atoms. The average Bonchev–Trinajstić information content (AvgIpc) is 2.41. The summed E-state index contributed by atoms with van der Waals surface area (Å²) in [7, 11) is 1.85. The summed E-state index contributed by atoms with van der Waals surface area (Å²) < 4.78 is 0. The molecular weight excluding hydrogens is 290 g/mol. The number of aliphatic hydroxyl groups is 1. The maximum atomic E-state index is 12.5. The van der Waals surface area contributed by atoms with Gasteiger partial charge < -0.3 is 14.9 Å². The molecule has 6 heteroatoms. The Hall–Kier alpha value is -1.33. The van der Waals surface area contributed by atoms with Crippen molar-refractivity contribution >= 4 is 23.3 Å². The van der Waals surface area contributed by atoms with Crippen molar-refractivity contribution in [3.05, 3.63) is 23.4 Å². The fraction of sp³-hybridized carbons (Fsp3) is 0.600. The zero-order chi connectivity index (χ0) is 15.2. The molecule has 0 radical (unpaired) electrons. The molecule has 0 aliphatic heterocycles. The Balaban J connectivity index is 1.95. The summed E-state index contributed by atoms with van der Waals surface area (Å²) >= 11 is 5.82. The van der Waals surface area contributed by atoms with Crippen LogP contribution in [0.15, 0.2) is 18.3 Å². The number of halogens is 1. The first-order valence-corrected chi connectivity index (χ1v) is 7.72. The van der Waals surface area contributed by atoms with E-state index < -0.39 is 0 Å². The van der Waals surface area contributed by atoms with Crippen molar-refractivity contribution in [3.63, 3.8) is 0 Å². The van der Waals surface area contributed by atoms with Crippen LogP contribution in [0.5, 0.6) is 0 Å². The molecule has 2 rings (SSSR count).